The van der Waals surface area contributed by atoms with E-state index in [0.717, 1.165) is 15.6 Å². The SMILES string of the molecule is CC(C)COc1ccc(/C=N\NC(=O)CN(c2ccccc2Cl)S(=O)(=O)c2ccccc2)cc1. The quantitative estimate of drug-likeness (QED) is 0.323. The van der Waals surface area contributed by atoms with E-state index in [9.17, 15) is 13.2 Å². The van der Waals surface area contributed by atoms with E-state index in [4.69, 9.17) is 16.3 Å². The normalized spacial score (nSPS) is 11.5. The highest BCUT2D eigenvalue weighted by Crippen LogP contribution is 2.30. The molecular weight excluding hydrogens is 474 g/mol. The molecule has 0 spiro atoms. The fourth-order valence-electron chi connectivity index (χ4n) is 2.93. The molecule has 0 atom stereocenters. The molecule has 0 radical (unpaired) electrons. The Kier molecular flexibility index (Phi) is 8.67. The van der Waals surface area contributed by atoms with Crippen molar-refractivity contribution in [2.24, 2.45) is 11.0 Å². The van der Waals surface area contributed by atoms with Gasteiger partial charge in [-0.2, -0.15) is 5.10 Å². The number of benzene rings is 3. The van der Waals surface area contributed by atoms with E-state index in [2.05, 4.69) is 24.4 Å². The molecule has 0 aromatic heterocycles. The second kappa shape index (κ2) is 11.7. The first-order valence-electron chi connectivity index (χ1n) is 10.6. The first-order valence-corrected chi connectivity index (χ1v) is 12.5. The molecule has 0 fully saturated rings. The molecule has 0 saturated carbocycles. The van der Waals surface area contributed by atoms with Crippen LogP contribution in [0.25, 0.3) is 0 Å². The Hall–Kier alpha value is -3.36. The van der Waals surface area contributed by atoms with Crippen LogP contribution in [0, 0.1) is 5.92 Å². The van der Waals surface area contributed by atoms with Gasteiger partial charge in [0.25, 0.3) is 15.9 Å². The van der Waals surface area contributed by atoms with Crippen molar-refractivity contribution in [2.45, 2.75) is 18.7 Å². The van der Waals surface area contributed by atoms with E-state index in [-0.39, 0.29) is 15.6 Å². The van der Waals surface area contributed by atoms with Crippen molar-refractivity contribution in [2.75, 3.05) is 17.5 Å². The summed E-state index contributed by atoms with van der Waals surface area (Å²) in [6.07, 6.45) is 1.47. The van der Waals surface area contributed by atoms with Crippen LogP contribution < -0.4 is 14.5 Å². The number of nitrogens with one attached hydrogen (secondary N) is 1. The van der Waals surface area contributed by atoms with Crippen LogP contribution in [0.15, 0.2) is 88.9 Å². The Morgan fingerprint density at radius 3 is 2.32 bits per heavy atom. The first-order chi connectivity index (χ1) is 16.3. The summed E-state index contributed by atoms with van der Waals surface area (Å²) < 4.78 is 33.2. The lowest BCUT2D eigenvalue weighted by Gasteiger charge is -2.24. The molecule has 7 nitrogen and oxygen atoms in total. The number of carbonyl (C=O) groups is 1. The van der Waals surface area contributed by atoms with Crippen molar-refractivity contribution in [3.8, 4) is 5.75 Å². The Morgan fingerprint density at radius 2 is 1.68 bits per heavy atom. The maximum Gasteiger partial charge on any atom is 0.264 e. The monoisotopic (exact) mass is 499 g/mol. The standard InChI is InChI=1S/C25H26ClN3O4S/c1-19(2)18-33-21-14-12-20(13-15-21)16-27-28-25(30)17-29(24-11-7-6-10-23(24)26)34(31,32)22-8-4-3-5-9-22/h3-16,19H,17-18H2,1-2H3,(H,28,30)/b27-16-. The molecular formula is C25H26ClN3O4S. The third kappa shape index (κ3) is 6.82. The third-order valence-electron chi connectivity index (χ3n) is 4.61. The highest BCUT2D eigenvalue weighted by Gasteiger charge is 2.28. The average Bonchev–Trinajstić information content (AvgIpc) is 2.83. The van der Waals surface area contributed by atoms with E-state index >= 15 is 0 Å². The van der Waals surface area contributed by atoms with E-state index in [1.54, 1.807) is 54.6 Å². The zero-order valence-corrected chi connectivity index (χ0v) is 20.5. The second-order valence-corrected chi connectivity index (χ2v) is 10.1. The highest BCUT2D eigenvalue weighted by atomic mass is 35.5. The van der Waals surface area contributed by atoms with E-state index in [1.165, 1.54) is 18.3 Å². The summed E-state index contributed by atoms with van der Waals surface area (Å²) in [6.45, 7) is 4.26. The number of hydrazone groups is 1. The molecule has 0 bridgehead atoms. The number of anilines is 1. The Balaban J connectivity index is 1.72. The molecule has 0 aliphatic heterocycles. The van der Waals surface area contributed by atoms with Crippen LogP contribution in [0.2, 0.25) is 5.02 Å². The van der Waals surface area contributed by atoms with Crippen molar-refractivity contribution in [3.63, 3.8) is 0 Å². The van der Waals surface area contributed by atoms with Crippen molar-refractivity contribution < 1.29 is 17.9 Å². The van der Waals surface area contributed by atoms with Crippen molar-refractivity contribution >= 4 is 39.4 Å². The molecule has 1 N–H and O–H groups in total. The van der Waals surface area contributed by atoms with Crippen molar-refractivity contribution in [1.29, 1.82) is 0 Å². The van der Waals surface area contributed by atoms with Crippen LogP contribution >= 0.6 is 11.6 Å². The van der Waals surface area contributed by atoms with Crippen molar-refractivity contribution in [3.05, 3.63) is 89.4 Å². The lowest BCUT2D eigenvalue weighted by molar-refractivity contribution is -0.119. The largest absolute Gasteiger partial charge is 0.493 e. The number of amides is 1. The molecule has 34 heavy (non-hydrogen) atoms. The summed E-state index contributed by atoms with van der Waals surface area (Å²) >= 11 is 6.26. The Bertz CT molecular complexity index is 1230. The molecule has 0 heterocycles. The van der Waals surface area contributed by atoms with Gasteiger partial charge in [-0.05, 0) is 60.0 Å². The zero-order chi connectivity index (χ0) is 24.6. The van der Waals surface area contributed by atoms with E-state index in [1.807, 2.05) is 12.1 Å². The lowest BCUT2D eigenvalue weighted by atomic mass is 10.2. The number of halogens is 1. The molecule has 9 heteroatoms. The molecule has 0 aliphatic rings. The minimum absolute atomic E-state index is 0.0472. The van der Waals surface area contributed by atoms with Gasteiger partial charge in [0.15, 0.2) is 0 Å². The van der Waals surface area contributed by atoms with Crippen LogP contribution in [-0.2, 0) is 14.8 Å². The second-order valence-electron chi connectivity index (χ2n) is 7.84. The van der Waals surface area contributed by atoms with Gasteiger partial charge < -0.3 is 4.74 Å². The van der Waals surface area contributed by atoms with Gasteiger partial charge >= 0.3 is 0 Å². The number of sulfonamides is 1. The Morgan fingerprint density at radius 1 is 1.03 bits per heavy atom. The lowest BCUT2D eigenvalue weighted by Crippen LogP contribution is -2.39. The van der Waals surface area contributed by atoms with Gasteiger partial charge in [-0.15, -0.1) is 0 Å². The van der Waals surface area contributed by atoms with E-state index in [0.29, 0.717) is 12.5 Å². The van der Waals surface area contributed by atoms with Gasteiger partial charge in [0.05, 0.1) is 28.4 Å². The fourth-order valence-corrected chi connectivity index (χ4v) is 4.68. The predicted molar refractivity (Wildman–Crippen MR) is 135 cm³/mol. The van der Waals surface area contributed by atoms with Crippen LogP contribution in [-0.4, -0.2) is 33.7 Å². The summed E-state index contributed by atoms with van der Waals surface area (Å²) in [6, 6.07) is 21.6. The number of para-hydroxylation sites is 1. The van der Waals surface area contributed by atoms with Crippen LogP contribution in [0.4, 0.5) is 5.69 Å². The third-order valence-corrected chi connectivity index (χ3v) is 6.70. The summed E-state index contributed by atoms with van der Waals surface area (Å²) in [5.74, 6) is 0.552. The predicted octanol–water partition coefficient (Wildman–Crippen LogP) is 4.72. The zero-order valence-electron chi connectivity index (χ0n) is 18.9. The van der Waals surface area contributed by atoms with Gasteiger partial charge in [-0.1, -0.05) is 55.8 Å². The number of nitrogens with zero attached hydrogens (tertiary/aromatic N) is 2. The van der Waals surface area contributed by atoms with Gasteiger partial charge in [0.1, 0.15) is 12.3 Å². The fraction of sp³-hybridized carbons (Fsp3) is 0.200. The molecule has 3 aromatic carbocycles. The maximum atomic E-state index is 13.3. The van der Waals surface area contributed by atoms with Crippen LogP contribution in [0.3, 0.4) is 0 Å². The average molecular weight is 500 g/mol. The molecule has 0 aliphatic carbocycles. The molecule has 0 saturated heterocycles. The van der Waals surface area contributed by atoms with Gasteiger partial charge in [0.2, 0.25) is 0 Å². The number of rotatable bonds is 10. The summed E-state index contributed by atoms with van der Waals surface area (Å²) in [4.78, 5) is 12.7. The number of ether oxygens (including phenoxy) is 1. The van der Waals surface area contributed by atoms with Crippen molar-refractivity contribution in [1.82, 2.24) is 5.43 Å². The minimum Gasteiger partial charge on any atom is -0.493 e. The molecule has 0 unspecified atom stereocenters. The van der Waals surface area contributed by atoms with Gasteiger partial charge in [-0.3, -0.25) is 9.10 Å². The molecule has 1 amide bonds. The highest BCUT2D eigenvalue weighted by molar-refractivity contribution is 7.92. The number of hydrogen-bond acceptors (Lipinski definition) is 5. The minimum atomic E-state index is -4.04. The van der Waals surface area contributed by atoms with Gasteiger partial charge in [-0.25, -0.2) is 13.8 Å². The smallest absolute Gasteiger partial charge is 0.264 e. The first kappa shape index (κ1) is 25.3. The molecule has 178 valence electrons. The number of carbonyl (C=O) groups excluding carboxylic acids is 1. The number of hydrogen-bond donors (Lipinski definition) is 1. The summed E-state index contributed by atoms with van der Waals surface area (Å²) in [5.41, 5.74) is 3.32. The topological polar surface area (TPSA) is 88.1 Å². The molecule has 3 rings (SSSR count). The van der Waals surface area contributed by atoms with E-state index < -0.39 is 22.5 Å². The molecule has 3 aromatic rings. The maximum absolute atomic E-state index is 13.3. The van der Waals surface area contributed by atoms with Gasteiger partial charge in [0, 0.05) is 0 Å². The summed E-state index contributed by atoms with van der Waals surface area (Å²) in [7, 11) is -4.04. The van der Waals surface area contributed by atoms with Crippen LogP contribution in [0.5, 0.6) is 5.75 Å². The summed E-state index contributed by atoms with van der Waals surface area (Å²) in [5, 5.41) is 4.16. The Labute approximate surface area is 205 Å². The van der Waals surface area contributed by atoms with Crippen LogP contribution in [0.1, 0.15) is 19.4 Å².